The minimum Gasteiger partial charge on any atom is -0.485 e. The predicted molar refractivity (Wildman–Crippen MR) is 113 cm³/mol. The van der Waals surface area contributed by atoms with Crippen LogP contribution in [0.4, 0.5) is 0 Å². The Labute approximate surface area is 178 Å². The summed E-state index contributed by atoms with van der Waals surface area (Å²) >= 11 is 0. The van der Waals surface area contributed by atoms with Crippen molar-refractivity contribution in [1.82, 2.24) is 9.62 Å². The molecule has 0 aromatic heterocycles. The van der Waals surface area contributed by atoms with Crippen molar-refractivity contribution in [1.29, 1.82) is 0 Å². The third-order valence-electron chi connectivity index (χ3n) is 5.95. The molecule has 1 aromatic carbocycles. The highest BCUT2D eigenvalue weighted by Crippen LogP contribution is 2.34. The maximum atomic E-state index is 12.7. The number of hydrogen-bond donors (Lipinski definition) is 1. The molecular weight excluding hydrogens is 404 g/mol. The first-order chi connectivity index (χ1) is 14.5. The summed E-state index contributed by atoms with van der Waals surface area (Å²) in [7, 11) is -3.63. The molecule has 4 rings (SSSR count). The summed E-state index contributed by atoms with van der Waals surface area (Å²) in [6, 6.07) is 4.54. The molecule has 30 heavy (non-hydrogen) atoms. The molecule has 1 atom stereocenters. The smallest absolute Gasteiger partial charge is 0.267 e. The van der Waals surface area contributed by atoms with Crippen LogP contribution in [0.3, 0.4) is 0 Å². The number of hydrogen-bond acceptors (Lipinski definition) is 5. The molecule has 0 spiro atoms. The van der Waals surface area contributed by atoms with Crippen LogP contribution in [0.15, 0.2) is 34.7 Å². The number of fused-ring (bicyclic) bond motifs is 1. The Kier molecular flexibility index (Phi) is 6.63. The van der Waals surface area contributed by atoms with Crippen LogP contribution in [0.25, 0.3) is 0 Å². The van der Waals surface area contributed by atoms with Gasteiger partial charge in [0.05, 0.1) is 4.90 Å². The zero-order valence-electron chi connectivity index (χ0n) is 17.3. The molecule has 2 aliphatic heterocycles. The standard InChI is InChI=1S/C22H30N2O5S/c25-22(24-13-5-2-6-14-24)21-16-28-20-15-18(9-10-19(20)29-21)30(26,27)23-12-11-17-7-3-1-4-8-17/h7,9-10,15,21,23H,1-6,8,11-14,16H2. The van der Waals surface area contributed by atoms with Gasteiger partial charge in [0.1, 0.15) is 6.61 Å². The predicted octanol–water partition coefficient (Wildman–Crippen LogP) is 3.01. The Morgan fingerprint density at radius 1 is 1.10 bits per heavy atom. The topological polar surface area (TPSA) is 84.9 Å². The largest absolute Gasteiger partial charge is 0.485 e. The number of rotatable bonds is 6. The molecule has 8 heteroatoms. The number of amides is 1. The lowest BCUT2D eigenvalue weighted by atomic mass is 9.97. The van der Waals surface area contributed by atoms with Crippen LogP contribution in [-0.4, -0.2) is 51.6 Å². The lowest BCUT2D eigenvalue weighted by molar-refractivity contribution is -0.142. The Bertz CT molecular complexity index is 906. The summed E-state index contributed by atoms with van der Waals surface area (Å²) < 4.78 is 39.5. The van der Waals surface area contributed by atoms with Crippen LogP contribution in [0, 0.1) is 0 Å². The summed E-state index contributed by atoms with van der Waals surface area (Å²) in [6.07, 6.45) is 10.0. The van der Waals surface area contributed by atoms with Gasteiger partial charge in [-0.3, -0.25) is 4.79 Å². The second-order valence-electron chi connectivity index (χ2n) is 8.17. The molecule has 1 aliphatic carbocycles. The van der Waals surface area contributed by atoms with Crippen molar-refractivity contribution in [2.24, 2.45) is 0 Å². The molecule has 3 aliphatic rings. The number of sulfonamides is 1. The number of allylic oxidation sites excluding steroid dienone is 1. The third kappa shape index (κ3) is 4.98. The van der Waals surface area contributed by atoms with E-state index in [9.17, 15) is 13.2 Å². The van der Waals surface area contributed by atoms with Gasteiger partial charge in [-0.25, -0.2) is 13.1 Å². The maximum Gasteiger partial charge on any atom is 0.267 e. The lowest BCUT2D eigenvalue weighted by Gasteiger charge is -2.32. The van der Waals surface area contributed by atoms with Gasteiger partial charge >= 0.3 is 0 Å². The fourth-order valence-corrected chi connectivity index (χ4v) is 5.27. The van der Waals surface area contributed by atoms with E-state index in [-0.39, 0.29) is 17.4 Å². The van der Waals surface area contributed by atoms with E-state index in [1.807, 2.05) is 4.90 Å². The first kappa shape index (κ1) is 21.2. The van der Waals surface area contributed by atoms with E-state index in [2.05, 4.69) is 10.8 Å². The van der Waals surface area contributed by atoms with Crippen LogP contribution < -0.4 is 14.2 Å². The Balaban J connectivity index is 1.36. The van der Waals surface area contributed by atoms with Gasteiger partial charge in [-0.15, -0.1) is 0 Å². The van der Waals surface area contributed by atoms with Crippen molar-refractivity contribution in [3.8, 4) is 11.5 Å². The second kappa shape index (κ2) is 9.39. The van der Waals surface area contributed by atoms with E-state index < -0.39 is 16.1 Å². The van der Waals surface area contributed by atoms with Gasteiger partial charge < -0.3 is 14.4 Å². The number of carbonyl (C=O) groups is 1. The average molecular weight is 435 g/mol. The zero-order valence-corrected chi connectivity index (χ0v) is 18.1. The van der Waals surface area contributed by atoms with E-state index in [1.54, 1.807) is 6.07 Å². The van der Waals surface area contributed by atoms with Gasteiger partial charge in [0.2, 0.25) is 16.1 Å². The zero-order chi connectivity index (χ0) is 21.0. The highest BCUT2D eigenvalue weighted by molar-refractivity contribution is 7.89. The Hall–Kier alpha value is -2.06. The molecule has 1 unspecified atom stereocenters. The van der Waals surface area contributed by atoms with E-state index in [0.29, 0.717) is 18.0 Å². The molecule has 0 bridgehead atoms. The number of benzene rings is 1. The first-order valence-corrected chi connectivity index (χ1v) is 12.4. The summed E-state index contributed by atoms with van der Waals surface area (Å²) in [4.78, 5) is 14.6. The normalized spacial score (nSPS) is 21.8. The van der Waals surface area contributed by atoms with E-state index in [0.717, 1.165) is 51.6 Å². The molecule has 0 radical (unpaired) electrons. The fraction of sp³-hybridized carbons (Fsp3) is 0.591. The highest BCUT2D eigenvalue weighted by Gasteiger charge is 2.32. The molecule has 0 saturated carbocycles. The van der Waals surface area contributed by atoms with E-state index >= 15 is 0 Å². The molecule has 164 valence electrons. The van der Waals surface area contributed by atoms with Crippen molar-refractivity contribution in [2.45, 2.75) is 62.4 Å². The molecule has 1 saturated heterocycles. The van der Waals surface area contributed by atoms with Gasteiger partial charge in [0.25, 0.3) is 5.91 Å². The van der Waals surface area contributed by atoms with Crippen LogP contribution in [0.1, 0.15) is 51.4 Å². The molecule has 1 N–H and O–H groups in total. The number of ether oxygens (including phenoxy) is 2. The number of carbonyl (C=O) groups excluding carboxylic acids is 1. The number of piperidine rings is 1. The summed E-state index contributed by atoms with van der Waals surface area (Å²) in [6.45, 7) is 1.99. The van der Waals surface area contributed by atoms with E-state index in [4.69, 9.17) is 9.47 Å². The van der Waals surface area contributed by atoms with Crippen molar-refractivity contribution in [3.63, 3.8) is 0 Å². The van der Waals surface area contributed by atoms with Gasteiger partial charge in [-0.1, -0.05) is 11.6 Å². The van der Waals surface area contributed by atoms with Crippen molar-refractivity contribution < 1.29 is 22.7 Å². The molecule has 7 nitrogen and oxygen atoms in total. The molecule has 1 fully saturated rings. The second-order valence-corrected chi connectivity index (χ2v) is 9.93. The number of nitrogens with zero attached hydrogens (tertiary/aromatic N) is 1. The fourth-order valence-electron chi connectivity index (χ4n) is 4.22. The molecule has 2 heterocycles. The van der Waals surface area contributed by atoms with Crippen molar-refractivity contribution in [2.75, 3.05) is 26.2 Å². The first-order valence-electron chi connectivity index (χ1n) is 10.9. The minimum absolute atomic E-state index is 0.0595. The highest BCUT2D eigenvalue weighted by atomic mass is 32.2. The molecule has 1 aromatic rings. The summed E-state index contributed by atoms with van der Waals surface area (Å²) in [5.41, 5.74) is 1.33. The monoisotopic (exact) mass is 434 g/mol. The Morgan fingerprint density at radius 3 is 2.70 bits per heavy atom. The minimum atomic E-state index is -3.63. The average Bonchev–Trinajstić information content (AvgIpc) is 2.79. The van der Waals surface area contributed by atoms with Crippen molar-refractivity contribution in [3.05, 3.63) is 29.8 Å². The number of likely N-dealkylation sites (tertiary alicyclic amines) is 1. The third-order valence-corrected chi connectivity index (χ3v) is 7.41. The lowest BCUT2D eigenvalue weighted by Crippen LogP contribution is -2.48. The van der Waals surface area contributed by atoms with Crippen LogP contribution in [0.2, 0.25) is 0 Å². The van der Waals surface area contributed by atoms with Crippen molar-refractivity contribution >= 4 is 15.9 Å². The molecule has 1 amide bonds. The summed E-state index contributed by atoms with van der Waals surface area (Å²) in [5, 5.41) is 0. The van der Waals surface area contributed by atoms with E-state index in [1.165, 1.54) is 30.5 Å². The van der Waals surface area contributed by atoms with Gasteiger partial charge in [0.15, 0.2) is 11.5 Å². The molecular formula is C22H30N2O5S. The van der Waals surface area contributed by atoms with Gasteiger partial charge in [-0.2, -0.15) is 0 Å². The summed E-state index contributed by atoms with van der Waals surface area (Å²) in [5.74, 6) is 0.703. The number of nitrogens with one attached hydrogen (secondary N) is 1. The Morgan fingerprint density at radius 2 is 1.93 bits per heavy atom. The van der Waals surface area contributed by atoms with Crippen LogP contribution in [0.5, 0.6) is 11.5 Å². The van der Waals surface area contributed by atoms with Crippen LogP contribution in [-0.2, 0) is 14.8 Å². The maximum absolute atomic E-state index is 12.7. The van der Waals surface area contributed by atoms with Gasteiger partial charge in [0, 0.05) is 25.7 Å². The van der Waals surface area contributed by atoms with Crippen LogP contribution >= 0.6 is 0 Å². The quantitative estimate of drug-likeness (QED) is 0.696. The van der Waals surface area contributed by atoms with Gasteiger partial charge in [-0.05, 0) is 63.5 Å². The SMILES string of the molecule is O=C(C1COc2cc(S(=O)(=O)NCCC3=CCCCC3)ccc2O1)N1CCCCC1.